The van der Waals surface area contributed by atoms with Gasteiger partial charge in [-0.2, -0.15) is 0 Å². The van der Waals surface area contributed by atoms with Crippen molar-refractivity contribution < 1.29 is 14.6 Å². The molecule has 1 aliphatic heterocycles. The molecule has 1 heterocycles. The largest absolute Gasteiger partial charge is 0.480 e. The summed E-state index contributed by atoms with van der Waals surface area (Å²) < 4.78 is 5.45. The van der Waals surface area contributed by atoms with Crippen molar-refractivity contribution in [3.05, 3.63) is 29.8 Å². The van der Waals surface area contributed by atoms with Crippen LogP contribution in [0.2, 0.25) is 0 Å². The van der Waals surface area contributed by atoms with Crippen molar-refractivity contribution >= 4 is 11.7 Å². The lowest BCUT2D eigenvalue weighted by molar-refractivity contribution is -0.169. The average Bonchev–Trinajstić information content (AvgIpc) is 2.41. The molecule has 0 amide bonds. The number of benzene rings is 1. The number of carboxylic acids is 1. The van der Waals surface area contributed by atoms with Gasteiger partial charge in [-0.3, -0.25) is 4.90 Å². The van der Waals surface area contributed by atoms with Gasteiger partial charge in [0.05, 0.1) is 5.60 Å². The number of hydrogen-bond acceptors (Lipinski definition) is 4. The van der Waals surface area contributed by atoms with Gasteiger partial charge in [0.1, 0.15) is 6.61 Å². The van der Waals surface area contributed by atoms with Gasteiger partial charge < -0.3 is 14.7 Å². The summed E-state index contributed by atoms with van der Waals surface area (Å²) in [4.78, 5) is 14.9. The van der Waals surface area contributed by atoms with E-state index in [0.717, 1.165) is 13.1 Å². The van der Waals surface area contributed by atoms with Gasteiger partial charge in [0.2, 0.25) is 0 Å². The SMILES string of the molecule is CC(c1ccc(N(C)C)cc1)N1CC(C)(OCC(=O)O)C1. The Balaban J connectivity index is 1.91. The first-order chi connectivity index (χ1) is 9.81. The second-order valence-electron chi connectivity index (χ2n) is 6.20. The van der Waals surface area contributed by atoms with Crippen LogP contribution in [0, 0.1) is 0 Å². The van der Waals surface area contributed by atoms with E-state index in [1.54, 1.807) is 0 Å². The fourth-order valence-corrected chi connectivity index (χ4v) is 2.68. The number of rotatable bonds is 6. The number of carbonyl (C=O) groups is 1. The first kappa shape index (κ1) is 15.8. The van der Waals surface area contributed by atoms with Gasteiger partial charge in [0.25, 0.3) is 0 Å². The monoisotopic (exact) mass is 292 g/mol. The second-order valence-corrected chi connectivity index (χ2v) is 6.20. The number of hydrogen-bond donors (Lipinski definition) is 1. The van der Waals surface area contributed by atoms with Gasteiger partial charge in [-0.15, -0.1) is 0 Å². The van der Waals surface area contributed by atoms with Gasteiger partial charge in [-0.25, -0.2) is 4.79 Å². The summed E-state index contributed by atoms with van der Waals surface area (Å²) in [5.41, 5.74) is 2.11. The summed E-state index contributed by atoms with van der Waals surface area (Å²) in [6.07, 6.45) is 0. The van der Waals surface area contributed by atoms with Crippen LogP contribution >= 0.6 is 0 Å². The lowest BCUT2D eigenvalue weighted by Crippen LogP contribution is -2.62. The molecule has 1 unspecified atom stereocenters. The molecule has 1 atom stereocenters. The summed E-state index contributed by atoms with van der Waals surface area (Å²) in [6.45, 7) is 5.43. The molecule has 1 aromatic rings. The topological polar surface area (TPSA) is 53.0 Å². The molecule has 0 aromatic heterocycles. The first-order valence-electron chi connectivity index (χ1n) is 7.18. The Kier molecular flexibility index (Phi) is 4.54. The first-order valence-corrected chi connectivity index (χ1v) is 7.18. The maximum Gasteiger partial charge on any atom is 0.329 e. The van der Waals surface area contributed by atoms with E-state index in [1.807, 2.05) is 21.0 Å². The van der Waals surface area contributed by atoms with Crippen molar-refractivity contribution in [3.63, 3.8) is 0 Å². The minimum absolute atomic E-state index is 0.226. The van der Waals surface area contributed by atoms with E-state index in [4.69, 9.17) is 9.84 Å². The van der Waals surface area contributed by atoms with Gasteiger partial charge >= 0.3 is 5.97 Å². The van der Waals surface area contributed by atoms with Crippen molar-refractivity contribution in [2.75, 3.05) is 38.7 Å². The number of carboxylic acid groups (broad SMARTS) is 1. The molecule has 0 aliphatic carbocycles. The van der Waals surface area contributed by atoms with Crippen LogP contribution < -0.4 is 4.90 Å². The average molecular weight is 292 g/mol. The fourth-order valence-electron chi connectivity index (χ4n) is 2.68. The van der Waals surface area contributed by atoms with Crippen LogP contribution in [0.15, 0.2) is 24.3 Å². The highest BCUT2D eigenvalue weighted by molar-refractivity contribution is 5.68. The van der Waals surface area contributed by atoms with Gasteiger partial charge in [0, 0.05) is 38.9 Å². The molecule has 116 valence electrons. The minimum Gasteiger partial charge on any atom is -0.480 e. The van der Waals surface area contributed by atoms with Gasteiger partial charge in [-0.1, -0.05) is 12.1 Å². The molecular formula is C16H24N2O3. The third-order valence-corrected chi connectivity index (χ3v) is 4.06. The van der Waals surface area contributed by atoms with Crippen LogP contribution in [0.1, 0.15) is 25.5 Å². The van der Waals surface area contributed by atoms with Crippen molar-refractivity contribution in [3.8, 4) is 0 Å². The molecular weight excluding hydrogens is 268 g/mol. The highest BCUT2D eigenvalue weighted by Gasteiger charge is 2.42. The summed E-state index contributed by atoms with van der Waals surface area (Å²) >= 11 is 0. The van der Waals surface area contributed by atoms with Crippen molar-refractivity contribution in [1.29, 1.82) is 0 Å². The second kappa shape index (κ2) is 6.03. The Morgan fingerprint density at radius 1 is 1.38 bits per heavy atom. The van der Waals surface area contributed by atoms with E-state index in [-0.39, 0.29) is 12.2 Å². The van der Waals surface area contributed by atoms with Crippen LogP contribution in [0.25, 0.3) is 0 Å². The number of aliphatic carboxylic acids is 1. The Hall–Kier alpha value is -1.59. The summed E-state index contributed by atoms with van der Waals surface area (Å²) in [7, 11) is 4.05. The van der Waals surface area contributed by atoms with E-state index in [0.29, 0.717) is 6.04 Å². The summed E-state index contributed by atoms with van der Waals surface area (Å²) in [5, 5.41) is 8.68. The molecule has 1 aromatic carbocycles. The molecule has 21 heavy (non-hydrogen) atoms. The van der Waals surface area contributed by atoms with Gasteiger partial charge in [0.15, 0.2) is 0 Å². The number of likely N-dealkylation sites (tertiary alicyclic amines) is 1. The quantitative estimate of drug-likeness (QED) is 0.869. The zero-order valence-electron chi connectivity index (χ0n) is 13.2. The molecule has 0 bridgehead atoms. The lowest BCUT2D eigenvalue weighted by Gasteiger charge is -2.50. The molecule has 2 rings (SSSR count). The van der Waals surface area contributed by atoms with E-state index < -0.39 is 5.97 Å². The number of ether oxygens (including phenoxy) is 1. The Labute approximate surface area is 126 Å². The van der Waals surface area contributed by atoms with Crippen LogP contribution in [-0.2, 0) is 9.53 Å². The van der Waals surface area contributed by atoms with Crippen molar-refractivity contribution in [1.82, 2.24) is 4.90 Å². The molecule has 1 saturated heterocycles. The lowest BCUT2D eigenvalue weighted by atomic mass is 9.92. The standard InChI is InChI=1S/C16H24N2O3/c1-12(13-5-7-14(8-6-13)17(3)4)18-10-16(2,11-18)21-9-15(19)20/h5-8,12H,9-11H2,1-4H3,(H,19,20). The van der Waals surface area contributed by atoms with E-state index in [2.05, 4.69) is 41.0 Å². The zero-order valence-corrected chi connectivity index (χ0v) is 13.2. The third kappa shape index (κ3) is 3.74. The third-order valence-electron chi connectivity index (χ3n) is 4.06. The predicted molar refractivity (Wildman–Crippen MR) is 82.7 cm³/mol. The Morgan fingerprint density at radius 2 is 1.95 bits per heavy atom. The van der Waals surface area contributed by atoms with E-state index >= 15 is 0 Å². The van der Waals surface area contributed by atoms with Crippen LogP contribution in [0.5, 0.6) is 0 Å². The zero-order chi connectivity index (χ0) is 15.6. The fraction of sp³-hybridized carbons (Fsp3) is 0.562. The Morgan fingerprint density at radius 3 is 2.43 bits per heavy atom. The molecule has 1 fully saturated rings. The van der Waals surface area contributed by atoms with E-state index in [1.165, 1.54) is 11.3 Å². The molecule has 0 radical (unpaired) electrons. The smallest absolute Gasteiger partial charge is 0.329 e. The Bertz CT molecular complexity index is 493. The van der Waals surface area contributed by atoms with Crippen LogP contribution in [-0.4, -0.2) is 55.4 Å². The normalized spacial score (nSPS) is 18.9. The minimum atomic E-state index is -0.915. The predicted octanol–water partition coefficient (Wildman–Crippen LogP) is 1.99. The molecule has 0 spiro atoms. The van der Waals surface area contributed by atoms with E-state index in [9.17, 15) is 4.79 Å². The van der Waals surface area contributed by atoms with Crippen molar-refractivity contribution in [2.24, 2.45) is 0 Å². The molecule has 0 saturated carbocycles. The molecule has 5 heteroatoms. The van der Waals surface area contributed by atoms with Crippen LogP contribution in [0.3, 0.4) is 0 Å². The summed E-state index contributed by atoms with van der Waals surface area (Å²) in [6, 6.07) is 8.83. The molecule has 1 N–H and O–H groups in total. The number of nitrogens with zero attached hydrogens (tertiary/aromatic N) is 2. The highest BCUT2D eigenvalue weighted by Crippen LogP contribution is 2.33. The van der Waals surface area contributed by atoms with Gasteiger partial charge in [-0.05, 0) is 31.5 Å². The molecule has 1 aliphatic rings. The maximum absolute atomic E-state index is 10.6. The number of anilines is 1. The van der Waals surface area contributed by atoms with Crippen molar-refractivity contribution in [2.45, 2.75) is 25.5 Å². The highest BCUT2D eigenvalue weighted by atomic mass is 16.5. The molecule has 5 nitrogen and oxygen atoms in total. The summed E-state index contributed by atoms with van der Waals surface area (Å²) in [5.74, 6) is -0.915. The van der Waals surface area contributed by atoms with Crippen LogP contribution in [0.4, 0.5) is 5.69 Å². The maximum atomic E-state index is 10.6.